The summed E-state index contributed by atoms with van der Waals surface area (Å²) in [5.74, 6) is -0.471. The van der Waals surface area contributed by atoms with Crippen molar-refractivity contribution in [1.29, 1.82) is 0 Å². The largest absolute Gasteiger partial charge is 0.497 e. The SMILES string of the molecule is COc1ccc(N2CCC(NC(=O)C3=NN(c4ccc(F)cc4)C(C(N)=O)C3)CC2)cc1. The smallest absolute Gasteiger partial charge is 0.267 e. The summed E-state index contributed by atoms with van der Waals surface area (Å²) in [7, 11) is 1.64. The van der Waals surface area contributed by atoms with E-state index in [0.29, 0.717) is 5.69 Å². The van der Waals surface area contributed by atoms with Crippen LogP contribution in [0.15, 0.2) is 53.6 Å². The van der Waals surface area contributed by atoms with Crippen LogP contribution in [-0.2, 0) is 9.59 Å². The number of ether oxygens (including phenoxy) is 1. The molecule has 1 unspecified atom stereocenters. The monoisotopic (exact) mass is 439 g/mol. The third-order valence-corrected chi connectivity index (χ3v) is 5.86. The van der Waals surface area contributed by atoms with Gasteiger partial charge in [-0.05, 0) is 61.4 Å². The quantitative estimate of drug-likeness (QED) is 0.718. The Bertz CT molecular complexity index is 1000. The van der Waals surface area contributed by atoms with E-state index in [-0.39, 0.29) is 24.1 Å². The number of hydrogen-bond donors (Lipinski definition) is 2. The predicted octanol–water partition coefficient (Wildman–Crippen LogP) is 2.04. The summed E-state index contributed by atoms with van der Waals surface area (Å²) in [5.41, 5.74) is 7.39. The van der Waals surface area contributed by atoms with Crippen molar-refractivity contribution in [1.82, 2.24) is 5.32 Å². The number of nitrogens with two attached hydrogens (primary N) is 1. The molecule has 8 nitrogen and oxygen atoms in total. The maximum atomic E-state index is 13.2. The van der Waals surface area contributed by atoms with E-state index in [1.54, 1.807) is 7.11 Å². The van der Waals surface area contributed by atoms with Crippen molar-refractivity contribution in [3.8, 4) is 5.75 Å². The fourth-order valence-corrected chi connectivity index (χ4v) is 4.04. The van der Waals surface area contributed by atoms with Gasteiger partial charge < -0.3 is 20.7 Å². The van der Waals surface area contributed by atoms with E-state index in [1.165, 1.54) is 29.3 Å². The molecular weight excluding hydrogens is 413 g/mol. The maximum Gasteiger partial charge on any atom is 0.267 e. The third kappa shape index (κ3) is 4.66. The number of carbonyl (C=O) groups is 2. The van der Waals surface area contributed by atoms with Gasteiger partial charge in [0.15, 0.2) is 0 Å². The van der Waals surface area contributed by atoms with Crippen molar-refractivity contribution in [2.24, 2.45) is 10.8 Å². The normalized spacial score (nSPS) is 18.9. The van der Waals surface area contributed by atoms with Crippen LogP contribution in [0.3, 0.4) is 0 Å². The summed E-state index contributed by atoms with van der Waals surface area (Å²) in [6.45, 7) is 1.63. The van der Waals surface area contributed by atoms with Crippen molar-refractivity contribution in [2.75, 3.05) is 30.1 Å². The Morgan fingerprint density at radius 3 is 2.28 bits per heavy atom. The summed E-state index contributed by atoms with van der Waals surface area (Å²) in [6.07, 6.45) is 1.71. The second-order valence-electron chi connectivity index (χ2n) is 7.92. The zero-order valence-corrected chi connectivity index (χ0v) is 17.8. The topological polar surface area (TPSA) is 100 Å². The zero-order valence-electron chi connectivity index (χ0n) is 17.8. The molecule has 0 radical (unpaired) electrons. The molecule has 0 aliphatic carbocycles. The van der Waals surface area contributed by atoms with Crippen molar-refractivity contribution >= 4 is 28.9 Å². The fraction of sp³-hybridized carbons (Fsp3) is 0.348. The van der Waals surface area contributed by atoms with Gasteiger partial charge in [-0.1, -0.05) is 0 Å². The number of methoxy groups -OCH3 is 1. The van der Waals surface area contributed by atoms with E-state index in [0.717, 1.165) is 37.4 Å². The lowest BCUT2D eigenvalue weighted by atomic mass is 10.0. The summed E-state index contributed by atoms with van der Waals surface area (Å²) >= 11 is 0. The Hall–Kier alpha value is -3.62. The first-order chi connectivity index (χ1) is 15.4. The molecule has 2 heterocycles. The number of nitrogens with one attached hydrogen (secondary N) is 1. The maximum absolute atomic E-state index is 13.2. The molecule has 9 heteroatoms. The van der Waals surface area contributed by atoms with Crippen LogP contribution in [0.5, 0.6) is 5.75 Å². The van der Waals surface area contributed by atoms with E-state index in [2.05, 4.69) is 15.3 Å². The molecule has 2 aromatic carbocycles. The summed E-state index contributed by atoms with van der Waals surface area (Å²) in [4.78, 5) is 27.0. The zero-order chi connectivity index (χ0) is 22.7. The lowest BCUT2D eigenvalue weighted by molar-refractivity contribution is -0.119. The molecule has 0 aromatic heterocycles. The van der Waals surface area contributed by atoms with Crippen molar-refractivity contribution in [3.63, 3.8) is 0 Å². The van der Waals surface area contributed by atoms with Crippen molar-refractivity contribution in [3.05, 3.63) is 54.3 Å². The molecule has 0 spiro atoms. The highest BCUT2D eigenvalue weighted by Gasteiger charge is 2.35. The second kappa shape index (κ2) is 9.25. The number of primary amides is 1. The van der Waals surface area contributed by atoms with Crippen LogP contribution >= 0.6 is 0 Å². The summed E-state index contributed by atoms with van der Waals surface area (Å²) in [6, 6.07) is 12.7. The van der Waals surface area contributed by atoms with Gasteiger partial charge in [0.25, 0.3) is 5.91 Å². The minimum absolute atomic E-state index is 0.0200. The molecule has 3 N–H and O–H groups in total. The van der Waals surface area contributed by atoms with E-state index in [9.17, 15) is 14.0 Å². The van der Waals surface area contributed by atoms with Crippen LogP contribution in [0.2, 0.25) is 0 Å². The summed E-state index contributed by atoms with van der Waals surface area (Å²) < 4.78 is 18.4. The van der Waals surface area contributed by atoms with Gasteiger partial charge >= 0.3 is 0 Å². The number of benzene rings is 2. The molecular formula is C23H26FN5O3. The minimum atomic E-state index is -0.780. The number of nitrogens with zero attached hydrogens (tertiary/aromatic N) is 3. The fourth-order valence-electron chi connectivity index (χ4n) is 4.04. The van der Waals surface area contributed by atoms with Crippen LogP contribution in [-0.4, -0.2) is 49.8 Å². The Morgan fingerprint density at radius 2 is 1.69 bits per heavy atom. The van der Waals surface area contributed by atoms with Gasteiger partial charge in [-0.2, -0.15) is 5.10 Å². The highest BCUT2D eigenvalue weighted by molar-refractivity contribution is 6.40. The Kier molecular flexibility index (Phi) is 6.25. The number of piperidine rings is 1. The molecule has 0 saturated carbocycles. The van der Waals surface area contributed by atoms with Crippen LogP contribution in [0, 0.1) is 5.82 Å². The molecule has 2 aliphatic rings. The van der Waals surface area contributed by atoms with Crippen LogP contribution < -0.4 is 25.7 Å². The lowest BCUT2D eigenvalue weighted by Gasteiger charge is -2.34. The summed E-state index contributed by atoms with van der Waals surface area (Å²) in [5, 5.41) is 8.76. The van der Waals surface area contributed by atoms with Crippen LogP contribution in [0.25, 0.3) is 0 Å². The van der Waals surface area contributed by atoms with Gasteiger partial charge in [0.2, 0.25) is 5.91 Å². The third-order valence-electron chi connectivity index (χ3n) is 5.86. The number of carbonyl (C=O) groups excluding carboxylic acids is 2. The molecule has 168 valence electrons. The van der Waals surface area contributed by atoms with E-state index in [1.807, 2.05) is 24.3 Å². The highest BCUT2D eigenvalue weighted by atomic mass is 19.1. The number of amides is 2. The minimum Gasteiger partial charge on any atom is -0.497 e. The van der Waals surface area contributed by atoms with Gasteiger partial charge in [-0.3, -0.25) is 14.6 Å². The van der Waals surface area contributed by atoms with Crippen molar-refractivity contribution < 1.29 is 18.7 Å². The number of anilines is 2. The van der Waals surface area contributed by atoms with Crippen molar-refractivity contribution in [2.45, 2.75) is 31.3 Å². The Morgan fingerprint density at radius 1 is 1.06 bits per heavy atom. The molecule has 32 heavy (non-hydrogen) atoms. The molecule has 1 fully saturated rings. The number of halogens is 1. The van der Waals surface area contributed by atoms with Crippen LogP contribution in [0.4, 0.5) is 15.8 Å². The van der Waals surface area contributed by atoms with E-state index < -0.39 is 17.8 Å². The van der Waals surface area contributed by atoms with Gasteiger partial charge in [0, 0.05) is 31.2 Å². The number of hydrazone groups is 1. The first-order valence-electron chi connectivity index (χ1n) is 10.6. The van der Waals surface area contributed by atoms with Crippen LogP contribution in [0.1, 0.15) is 19.3 Å². The first kappa shape index (κ1) is 21.6. The number of rotatable bonds is 6. The lowest BCUT2D eigenvalue weighted by Crippen LogP contribution is -2.46. The molecule has 1 atom stereocenters. The van der Waals surface area contributed by atoms with Gasteiger partial charge in [-0.25, -0.2) is 4.39 Å². The molecule has 1 saturated heterocycles. The average Bonchev–Trinajstić information content (AvgIpc) is 3.26. The Balaban J connectivity index is 1.36. The molecule has 2 aromatic rings. The number of hydrogen-bond acceptors (Lipinski definition) is 6. The highest BCUT2D eigenvalue weighted by Crippen LogP contribution is 2.26. The predicted molar refractivity (Wildman–Crippen MR) is 120 cm³/mol. The second-order valence-corrected chi connectivity index (χ2v) is 7.92. The average molecular weight is 439 g/mol. The molecule has 2 amide bonds. The molecule has 0 bridgehead atoms. The van der Waals surface area contributed by atoms with Gasteiger partial charge in [0.05, 0.1) is 12.8 Å². The Labute approximate surface area is 185 Å². The molecule has 2 aliphatic heterocycles. The van der Waals surface area contributed by atoms with E-state index >= 15 is 0 Å². The standard InChI is InChI=1S/C23H26FN5O3/c1-32-19-8-6-17(7-9-19)28-12-10-16(11-13-28)26-23(31)20-14-21(22(25)30)29(27-20)18-4-2-15(24)3-5-18/h2-9,16,21H,10-14H2,1H3,(H2,25,30)(H,26,31). The first-order valence-corrected chi connectivity index (χ1v) is 10.6. The van der Waals surface area contributed by atoms with Gasteiger partial charge in [0.1, 0.15) is 23.3 Å². The van der Waals surface area contributed by atoms with E-state index in [4.69, 9.17) is 10.5 Å². The molecule has 4 rings (SSSR count). The van der Waals surface area contributed by atoms with Gasteiger partial charge in [-0.15, -0.1) is 0 Å².